The predicted molar refractivity (Wildman–Crippen MR) is 187 cm³/mol. The van der Waals surface area contributed by atoms with Crippen molar-refractivity contribution >= 4 is 39.1 Å². The van der Waals surface area contributed by atoms with Crippen molar-refractivity contribution in [3.8, 4) is 5.75 Å². The zero-order chi connectivity index (χ0) is 34.8. The number of sulfonamides is 1. The molecule has 3 aromatic rings. The molecule has 4 rings (SSSR count). The molecule has 0 radical (unpaired) electrons. The number of benzene rings is 3. The smallest absolute Gasteiger partial charge is 0.261 e. The zero-order valence-corrected chi connectivity index (χ0v) is 29.5. The van der Waals surface area contributed by atoms with Gasteiger partial charge in [0.05, 0.1) is 41.7 Å². The minimum absolute atomic E-state index is 0.0193. The molecule has 0 unspecified atom stereocenters. The number of likely N-dealkylation sites (N-methyl/N-ethyl adjacent to an activating group) is 1. The Morgan fingerprint density at radius 2 is 1.79 bits per heavy atom. The topological polar surface area (TPSA) is 125 Å². The molecular weight excluding hydrogens is 654 g/mol. The summed E-state index contributed by atoms with van der Waals surface area (Å²) in [5, 5.41) is 10.6. The highest BCUT2D eigenvalue weighted by Gasteiger charge is 2.31. The summed E-state index contributed by atoms with van der Waals surface area (Å²) in [5.41, 5.74) is 1.27. The van der Waals surface area contributed by atoms with Crippen LogP contribution >= 0.6 is 11.6 Å². The molecule has 0 saturated carbocycles. The third-order valence-corrected chi connectivity index (χ3v) is 10.2. The third kappa shape index (κ3) is 10.2. The van der Waals surface area contributed by atoms with Gasteiger partial charge in [-0.2, -0.15) is 0 Å². The lowest BCUT2D eigenvalue weighted by molar-refractivity contribution is -0.131. The Labute approximate surface area is 289 Å². The first-order valence-corrected chi connectivity index (χ1v) is 18.1. The van der Waals surface area contributed by atoms with E-state index in [2.05, 4.69) is 4.72 Å². The molecule has 3 aromatic carbocycles. The number of hydrogen-bond acceptors (Lipinski definition) is 7. The average molecular weight is 700 g/mol. The number of rotatable bonds is 9. The quantitative estimate of drug-likeness (QED) is 0.296. The van der Waals surface area contributed by atoms with Crippen LogP contribution in [0.3, 0.4) is 0 Å². The molecule has 0 bridgehead atoms. The van der Waals surface area contributed by atoms with Crippen molar-refractivity contribution < 1.29 is 32.6 Å². The Balaban J connectivity index is 1.63. The third-order valence-electron chi connectivity index (χ3n) is 8.51. The number of halogens is 1. The van der Waals surface area contributed by atoms with Crippen LogP contribution in [-0.4, -0.2) is 86.7 Å². The van der Waals surface area contributed by atoms with Gasteiger partial charge in [-0.25, -0.2) is 8.42 Å². The maximum absolute atomic E-state index is 14.4. The number of ether oxygens (including phenoxy) is 2. The van der Waals surface area contributed by atoms with Gasteiger partial charge in [0.2, 0.25) is 5.91 Å². The predicted octanol–water partition coefficient (Wildman–Crippen LogP) is 5.64. The molecule has 1 aliphatic rings. The largest absolute Gasteiger partial charge is 0.490 e. The Bertz CT molecular complexity index is 1620. The molecule has 0 fully saturated rings. The van der Waals surface area contributed by atoms with E-state index in [1.54, 1.807) is 35.9 Å². The van der Waals surface area contributed by atoms with Gasteiger partial charge in [0.25, 0.3) is 15.9 Å². The van der Waals surface area contributed by atoms with Crippen LogP contribution < -0.4 is 9.46 Å². The second kappa shape index (κ2) is 17.1. The van der Waals surface area contributed by atoms with Gasteiger partial charge in [0.15, 0.2) is 0 Å². The first-order valence-electron chi connectivity index (χ1n) is 16.3. The normalized spacial score (nSPS) is 20.2. The van der Waals surface area contributed by atoms with Crippen LogP contribution in [0.1, 0.15) is 56.0 Å². The summed E-state index contributed by atoms with van der Waals surface area (Å²) in [5.74, 6) is -0.377. The lowest BCUT2D eigenvalue weighted by Crippen LogP contribution is -2.48. The number of carbonyl (C=O) groups is 2. The van der Waals surface area contributed by atoms with E-state index in [-0.39, 0.29) is 59.8 Å². The van der Waals surface area contributed by atoms with Gasteiger partial charge in [-0.1, -0.05) is 48.9 Å². The summed E-state index contributed by atoms with van der Waals surface area (Å²) >= 11 is 5.95. The van der Waals surface area contributed by atoms with Crippen molar-refractivity contribution in [1.82, 2.24) is 9.80 Å². The first-order chi connectivity index (χ1) is 22.9. The van der Waals surface area contributed by atoms with Crippen molar-refractivity contribution in [2.45, 2.75) is 69.6 Å². The molecule has 0 spiro atoms. The number of carbonyl (C=O) groups excluding carboxylic acids is 2. The van der Waals surface area contributed by atoms with Crippen LogP contribution in [0.2, 0.25) is 5.02 Å². The summed E-state index contributed by atoms with van der Waals surface area (Å²) in [6.07, 6.45) is 1.95. The van der Waals surface area contributed by atoms with Gasteiger partial charge in [0.1, 0.15) is 5.75 Å². The van der Waals surface area contributed by atoms with Crippen LogP contribution in [0.15, 0.2) is 77.7 Å². The van der Waals surface area contributed by atoms with Gasteiger partial charge in [-0.15, -0.1) is 0 Å². The Morgan fingerprint density at radius 3 is 2.48 bits per heavy atom. The van der Waals surface area contributed by atoms with Crippen LogP contribution in [-0.2, 0) is 26.0 Å². The van der Waals surface area contributed by atoms with E-state index in [1.165, 1.54) is 30.3 Å². The molecule has 10 nitrogen and oxygen atoms in total. The molecule has 1 heterocycles. The second-order valence-electron chi connectivity index (χ2n) is 12.5. The van der Waals surface area contributed by atoms with Crippen LogP contribution in [0.25, 0.3) is 0 Å². The van der Waals surface area contributed by atoms with Crippen molar-refractivity contribution in [2.75, 3.05) is 38.1 Å². The molecule has 2 N–H and O–H groups in total. The molecular formula is C36H46ClN3O7S. The van der Waals surface area contributed by atoms with Gasteiger partial charge in [0, 0.05) is 43.4 Å². The van der Waals surface area contributed by atoms with Crippen LogP contribution in [0.4, 0.5) is 5.69 Å². The summed E-state index contributed by atoms with van der Waals surface area (Å²) < 4.78 is 41.5. The standard InChI is InChI=1S/C36H46ClN3O7S/c1-25-22-40(26(2)24-41)36(43)32-21-30(38-48(44,45)31-16-13-29(37)14-17-31)15-18-33(32)47-27(3)10-8-9-19-46-34(25)23-39(4)35(42)20-28-11-6-5-7-12-28/h5-7,11-18,21,25-27,34,38,41H,8-10,19-20,22-24H2,1-4H3/t25-,26-,27-,34-/m1/s1. The fraction of sp³-hybridized carbons (Fsp3) is 0.444. The van der Waals surface area contributed by atoms with E-state index in [4.69, 9.17) is 21.1 Å². The average Bonchev–Trinajstić information content (AvgIpc) is 3.06. The monoisotopic (exact) mass is 699 g/mol. The molecule has 0 aromatic heterocycles. The van der Waals surface area contributed by atoms with E-state index < -0.39 is 22.0 Å². The summed E-state index contributed by atoms with van der Waals surface area (Å²) in [6, 6.07) is 19.4. The van der Waals surface area contributed by atoms with E-state index in [0.717, 1.165) is 18.4 Å². The Hall–Kier alpha value is -3.64. The van der Waals surface area contributed by atoms with Crippen molar-refractivity contribution in [3.63, 3.8) is 0 Å². The molecule has 0 saturated heterocycles. The Morgan fingerprint density at radius 1 is 1.08 bits per heavy atom. The van der Waals surface area contributed by atoms with Crippen LogP contribution in [0, 0.1) is 5.92 Å². The number of nitrogens with one attached hydrogen (secondary N) is 1. The number of anilines is 1. The number of aliphatic hydroxyl groups is 1. The van der Waals surface area contributed by atoms with E-state index in [0.29, 0.717) is 30.3 Å². The fourth-order valence-electron chi connectivity index (χ4n) is 5.55. The maximum atomic E-state index is 14.4. The molecule has 12 heteroatoms. The van der Waals surface area contributed by atoms with Gasteiger partial charge < -0.3 is 24.4 Å². The molecule has 1 aliphatic heterocycles. The highest BCUT2D eigenvalue weighted by molar-refractivity contribution is 7.92. The number of hydrogen-bond donors (Lipinski definition) is 2. The summed E-state index contributed by atoms with van der Waals surface area (Å²) in [4.78, 5) is 30.7. The molecule has 260 valence electrons. The Kier molecular flexibility index (Phi) is 13.3. The number of aliphatic hydroxyl groups excluding tert-OH is 1. The van der Waals surface area contributed by atoms with Crippen molar-refractivity contribution in [2.24, 2.45) is 5.92 Å². The van der Waals surface area contributed by atoms with Crippen LogP contribution in [0.5, 0.6) is 5.75 Å². The lowest BCUT2D eigenvalue weighted by Gasteiger charge is -2.36. The molecule has 4 atom stereocenters. The fourth-order valence-corrected chi connectivity index (χ4v) is 6.73. The van der Waals surface area contributed by atoms with Crippen molar-refractivity contribution in [1.29, 1.82) is 0 Å². The highest BCUT2D eigenvalue weighted by atomic mass is 35.5. The van der Waals surface area contributed by atoms with E-state index in [9.17, 15) is 23.1 Å². The number of fused-ring (bicyclic) bond motifs is 1. The minimum atomic E-state index is -3.99. The molecule has 48 heavy (non-hydrogen) atoms. The maximum Gasteiger partial charge on any atom is 0.261 e. The molecule has 2 amide bonds. The van der Waals surface area contributed by atoms with Gasteiger partial charge in [-0.3, -0.25) is 14.3 Å². The van der Waals surface area contributed by atoms with Crippen molar-refractivity contribution in [3.05, 3.63) is 88.9 Å². The minimum Gasteiger partial charge on any atom is -0.490 e. The van der Waals surface area contributed by atoms with Gasteiger partial charge in [-0.05, 0) is 81.1 Å². The highest BCUT2D eigenvalue weighted by Crippen LogP contribution is 2.30. The lowest BCUT2D eigenvalue weighted by atomic mass is 10.0. The van der Waals surface area contributed by atoms with E-state index >= 15 is 0 Å². The molecule has 0 aliphatic carbocycles. The summed E-state index contributed by atoms with van der Waals surface area (Å²) in [6.45, 7) is 6.36. The zero-order valence-electron chi connectivity index (χ0n) is 28.0. The second-order valence-corrected chi connectivity index (χ2v) is 14.6. The summed E-state index contributed by atoms with van der Waals surface area (Å²) in [7, 11) is -2.23. The van der Waals surface area contributed by atoms with Gasteiger partial charge >= 0.3 is 0 Å². The SMILES string of the molecule is C[C@@H]1CCCCO[C@H](CN(C)C(=O)Cc2ccccc2)[C@H](C)CN([C@H](C)CO)C(=O)c2cc(NS(=O)(=O)c3ccc(Cl)cc3)ccc2O1. The number of amides is 2. The number of nitrogens with zero attached hydrogens (tertiary/aromatic N) is 2. The van der Waals surface area contributed by atoms with E-state index in [1.807, 2.05) is 44.2 Å². The first kappa shape index (κ1) is 37.2.